The maximum Gasteiger partial charge on any atom is 0.408 e. The van der Waals surface area contributed by atoms with Gasteiger partial charge in [-0.3, -0.25) is 24.0 Å². The van der Waals surface area contributed by atoms with Gasteiger partial charge in [0.15, 0.2) is 0 Å². The Morgan fingerprint density at radius 1 is 0.721 bits per heavy atom. The molecule has 2 aromatic carbocycles. The molecule has 0 saturated heterocycles. The number of ether oxygens (including phenoxy) is 2. The van der Waals surface area contributed by atoms with E-state index in [1.165, 1.54) is 29.9 Å². The molecule has 4 rings (SSSR count). The zero-order valence-corrected chi connectivity index (χ0v) is 40.3. The number of carbonyl (C=O) groups excluding carboxylic acids is 6. The predicted octanol–water partition coefficient (Wildman–Crippen LogP) is 3.22. The number of carbonyl (C=O) groups is 6. The number of alkyl carbamates (subject to hydrolysis) is 1. The summed E-state index contributed by atoms with van der Waals surface area (Å²) in [7, 11) is 0. The SMILES string of the molecule is CC[C@H](C)[C@@H](C(=O)NC(Cc1cnc[nH]1)C(N)=O)N(C[C@@H](N)CC(C)C)C(=O)[C@H](CCOCc1ccccc1)NC(=O)C(Cc1cnc[nH]1)NC(=O)[C@@H](Cc1ccccc1)NC(=O)OC(C)(C)C. The summed E-state index contributed by atoms with van der Waals surface area (Å²) in [5, 5.41) is 11.2. The molecule has 7 atom stereocenters. The molecule has 370 valence electrons. The normalized spacial score (nSPS) is 14.6. The van der Waals surface area contributed by atoms with E-state index in [-0.39, 0.29) is 51.4 Å². The van der Waals surface area contributed by atoms with Crippen LogP contribution in [0.1, 0.15) is 90.2 Å². The Labute approximate surface area is 399 Å². The molecule has 0 fully saturated rings. The summed E-state index contributed by atoms with van der Waals surface area (Å²) in [4.78, 5) is 100. The van der Waals surface area contributed by atoms with E-state index in [9.17, 15) is 24.0 Å². The topological polar surface area (TPSA) is 282 Å². The fraction of sp³-hybridized carbons (Fsp3) is 0.510. The van der Waals surface area contributed by atoms with Gasteiger partial charge in [-0.2, -0.15) is 0 Å². The second-order valence-corrected chi connectivity index (χ2v) is 18.6. The van der Waals surface area contributed by atoms with Crippen molar-refractivity contribution in [1.29, 1.82) is 0 Å². The summed E-state index contributed by atoms with van der Waals surface area (Å²) < 4.78 is 11.5. The minimum absolute atomic E-state index is 0.00211. The summed E-state index contributed by atoms with van der Waals surface area (Å²) in [5.74, 6) is -3.82. The van der Waals surface area contributed by atoms with Crippen LogP contribution in [-0.4, -0.2) is 115 Å². The number of amides is 6. The average Bonchev–Trinajstić information content (AvgIpc) is 4.01. The van der Waals surface area contributed by atoms with Crippen LogP contribution in [0.15, 0.2) is 85.7 Å². The lowest BCUT2D eigenvalue weighted by molar-refractivity contribution is -0.146. The van der Waals surface area contributed by atoms with Gasteiger partial charge >= 0.3 is 6.09 Å². The van der Waals surface area contributed by atoms with Gasteiger partial charge < -0.3 is 57.1 Å². The van der Waals surface area contributed by atoms with Crippen molar-refractivity contribution in [3.05, 3.63) is 108 Å². The molecule has 68 heavy (non-hydrogen) atoms. The van der Waals surface area contributed by atoms with Gasteiger partial charge in [-0.15, -0.1) is 0 Å². The van der Waals surface area contributed by atoms with Crippen molar-refractivity contribution in [2.75, 3.05) is 13.2 Å². The highest BCUT2D eigenvalue weighted by atomic mass is 16.6. The second kappa shape index (κ2) is 26.7. The summed E-state index contributed by atoms with van der Waals surface area (Å²) >= 11 is 0. The lowest BCUT2D eigenvalue weighted by atomic mass is 9.93. The van der Waals surface area contributed by atoms with Gasteiger partial charge in [-0.25, -0.2) is 14.8 Å². The number of hydrogen-bond donors (Lipinski definition) is 8. The fourth-order valence-corrected chi connectivity index (χ4v) is 7.60. The molecular formula is C49H71N11O8. The number of rotatable bonds is 27. The van der Waals surface area contributed by atoms with Crippen LogP contribution in [-0.2, 0) is 59.3 Å². The smallest absolute Gasteiger partial charge is 0.408 e. The van der Waals surface area contributed by atoms with E-state index in [4.69, 9.17) is 20.9 Å². The summed E-state index contributed by atoms with van der Waals surface area (Å²) in [6.07, 6.45) is 5.97. The lowest BCUT2D eigenvalue weighted by Crippen LogP contribution is -2.63. The van der Waals surface area contributed by atoms with Gasteiger partial charge in [0, 0.05) is 62.2 Å². The van der Waals surface area contributed by atoms with E-state index in [1.54, 1.807) is 45.0 Å². The van der Waals surface area contributed by atoms with Crippen LogP contribution >= 0.6 is 0 Å². The van der Waals surface area contributed by atoms with Gasteiger partial charge in [-0.1, -0.05) is 94.8 Å². The number of H-pyrrole nitrogens is 2. The molecule has 19 nitrogen and oxygen atoms in total. The molecule has 0 aliphatic carbocycles. The van der Waals surface area contributed by atoms with Crippen molar-refractivity contribution in [3.8, 4) is 0 Å². The zero-order chi connectivity index (χ0) is 49.8. The molecule has 19 heteroatoms. The standard InChI is InChI=1S/C49H71N11O8/c1-8-32(4)42(46(64)57-39(43(51)61)23-36-25-52-29-54-36)60(27-35(50)21-31(2)3)47(65)38(19-20-67-28-34-17-13-10-14-18-34)56-45(63)41(24-37-26-53-30-55-37)58-44(62)40(22-33-15-11-9-12-16-33)59-48(66)68-49(5,6)7/h9-18,25-26,29-32,35,38-42H,8,19-24,27-28,50H2,1-7H3,(H2,51,61)(H,52,54)(H,53,55)(H,56,63)(H,57,64)(H,58,62)(H,59,66)/t32-,35-,38-,39?,40+,41?,42-/m0/s1. The second-order valence-electron chi connectivity index (χ2n) is 18.6. The highest BCUT2D eigenvalue weighted by Gasteiger charge is 2.40. The number of nitrogens with zero attached hydrogens (tertiary/aromatic N) is 3. The molecule has 0 saturated carbocycles. The first kappa shape index (κ1) is 54.0. The summed E-state index contributed by atoms with van der Waals surface area (Å²) in [5.41, 5.74) is 14.3. The van der Waals surface area contributed by atoms with Crippen LogP contribution in [0.5, 0.6) is 0 Å². The van der Waals surface area contributed by atoms with Crippen LogP contribution in [0.2, 0.25) is 0 Å². The molecule has 0 aliphatic rings. The van der Waals surface area contributed by atoms with Crippen LogP contribution in [0, 0.1) is 11.8 Å². The van der Waals surface area contributed by atoms with Crippen LogP contribution in [0.25, 0.3) is 0 Å². The van der Waals surface area contributed by atoms with E-state index < -0.39 is 83.4 Å². The molecule has 4 aromatic rings. The Kier molecular flexibility index (Phi) is 21.2. The molecular weight excluding hydrogens is 871 g/mol. The van der Waals surface area contributed by atoms with Crippen LogP contribution in [0.4, 0.5) is 4.79 Å². The zero-order valence-electron chi connectivity index (χ0n) is 40.3. The Bertz CT molecular complexity index is 2170. The highest BCUT2D eigenvalue weighted by Crippen LogP contribution is 2.21. The quantitative estimate of drug-likeness (QED) is 0.0402. The van der Waals surface area contributed by atoms with Gasteiger partial charge in [0.05, 0.1) is 19.3 Å². The number of aromatic amines is 2. The monoisotopic (exact) mass is 942 g/mol. The van der Waals surface area contributed by atoms with Crippen molar-refractivity contribution in [2.45, 2.75) is 135 Å². The van der Waals surface area contributed by atoms with Crippen LogP contribution in [0.3, 0.4) is 0 Å². The number of nitrogens with one attached hydrogen (secondary N) is 6. The number of imidazole rings is 2. The number of primary amides is 1. The number of nitrogens with two attached hydrogens (primary N) is 2. The largest absolute Gasteiger partial charge is 0.444 e. The third-order valence-corrected chi connectivity index (χ3v) is 11.1. The third kappa shape index (κ3) is 18.2. The molecule has 2 heterocycles. The van der Waals surface area contributed by atoms with E-state index in [2.05, 4.69) is 41.2 Å². The Balaban J connectivity index is 1.73. The molecule has 2 unspecified atom stereocenters. The molecule has 10 N–H and O–H groups in total. The maximum absolute atomic E-state index is 15.4. The first-order valence-corrected chi connectivity index (χ1v) is 23.2. The highest BCUT2D eigenvalue weighted by molar-refractivity contribution is 5.96. The molecule has 6 amide bonds. The molecule has 0 bridgehead atoms. The molecule has 0 radical (unpaired) electrons. The lowest BCUT2D eigenvalue weighted by Gasteiger charge is -2.39. The maximum atomic E-state index is 15.4. The average molecular weight is 942 g/mol. The van der Waals surface area contributed by atoms with Gasteiger partial charge in [0.2, 0.25) is 29.5 Å². The third-order valence-electron chi connectivity index (χ3n) is 11.1. The van der Waals surface area contributed by atoms with Crippen molar-refractivity contribution < 1.29 is 38.2 Å². The van der Waals surface area contributed by atoms with Crippen molar-refractivity contribution in [3.63, 3.8) is 0 Å². The molecule has 0 spiro atoms. The molecule has 2 aromatic heterocycles. The minimum atomic E-state index is -1.32. The number of benzene rings is 2. The van der Waals surface area contributed by atoms with Crippen molar-refractivity contribution >= 4 is 35.6 Å². The first-order chi connectivity index (χ1) is 32.3. The van der Waals surface area contributed by atoms with Crippen LogP contribution < -0.4 is 32.7 Å². The Hall–Kier alpha value is -6.60. The number of aromatic nitrogens is 4. The van der Waals surface area contributed by atoms with E-state index in [0.29, 0.717) is 24.2 Å². The van der Waals surface area contributed by atoms with E-state index in [0.717, 1.165) is 11.1 Å². The summed E-state index contributed by atoms with van der Waals surface area (Å²) in [6, 6.07) is 11.8. The van der Waals surface area contributed by atoms with Crippen molar-refractivity contribution in [1.82, 2.24) is 46.1 Å². The van der Waals surface area contributed by atoms with E-state index in [1.807, 2.05) is 64.1 Å². The summed E-state index contributed by atoms with van der Waals surface area (Å²) in [6.45, 7) is 12.9. The Morgan fingerprint density at radius 3 is 1.76 bits per heavy atom. The molecule has 0 aliphatic heterocycles. The van der Waals surface area contributed by atoms with Gasteiger partial charge in [-0.05, 0) is 56.6 Å². The fourth-order valence-electron chi connectivity index (χ4n) is 7.60. The van der Waals surface area contributed by atoms with E-state index >= 15 is 4.79 Å². The first-order valence-electron chi connectivity index (χ1n) is 23.2. The minimum Gasteiger partial charge on any atom is -0.444 e. The van der Waals surface area contributed by atoms with Gasteiger partial charge in [0.1, 0.15) is 35.8 Å². The number of hydrogen-bond acceptors (Lipinski definition) is 11. The van der Waals surface area contributed by atoms with Crippen molar-refractivity contribution in [2.24, 2.45) is 23.3 Å². The predicted molar refractivity (Wildman–Crippen MR) is 256 cm³/mol. The Morgan fingerprint density at radius 2 is 1.25 bits per heavy atom. The van der Waals surface area contributed by atoms with Gasteiger partial charge in [0.25, 0.3) is 0 Å².